The summed E-state index contributed by atoms with van der Waals surface area (Å²) in [5.74, 6) is -0.304. The number of aryl methyl sites for hydroxylation is 1. The topological polar surface area (TPSA) is 90.5 Å². The van der Waals surface area contributed by atoms with Gasteiger partial charge in [-0.1, -0.05) is 24.3 Å². The van der Waals surface area contributed by atoms with Crippen molar-refractivity contribution in [3.63, 3.8) is 0 Å². The molecule has 1 aromatic carbocycles. The summed E-state index contributed by atoms with van der Waals surface area (Å²) in [4.78, 5) is 22.0. The Morgan fingerprint density at radius 2 is 2.14 bits per heavy atom. The van der Waals surface area contributed by atoms with Gasteiger partial charge in [0.15, 0.2) is 0 Å². The molecule has 0 spiro atoms. The van der Waals surface area contributed by atoms with Crippen LogP contribution in [0.15, 0.2) is 48.7 Å². The van der Waals surface area contributed by atoms with Crippen LogP contribution in [0.5, 0.6) is 0 Å². The van der Waals surface area contributed by atoms with Gasteiger partial charge in [-0.3, -0.25) is 14.7 Å². The number of carbonyl (C=O) groups is 1. The van der Waals surface area contributed by atoms with E-state index in [4.69, 9.17) is 4.74 Å². The van der Waals surface area contributed by atoms with Crippen LogP contribution >= 0.6 is 0 Å². The molecule has 4 rings (SSSR count). The molecule has 1 saturated heterocycles. The second-order valence-corrected chi connectivity index (χ2v) is 7.66. The minimum absolute atomic E-state index is 0.102. The molecule has 1 fully saturated rings. The van der Waals surface area contributed by atoms with Crippen molar-refractivity contribution in [1.29, 1.82) is 0 Å². The van der Waals surface area contributed by atoms with Crippen molar-refractivity contribution in [1.82, 2.24) is 20.2 Å². The lowest BCUT2D eigenvalue weighted by molar-refractivity contribution is -0.0346. The third kappa shape index (κ3) is 4.48. The predicted molar refractivity (Wildman–Crippen MR) is 111 cm³/mol. The molecule has 7 heteroatoms. The number of benzene rings is 1. The second kappa shape index (κ2) is 8.32. The highest BCUT2D eigenvalue weighted by molar-refractivity contribution is 5.92. The minimum Gasteiger partial charge on any atom is -0.384 e. The maximum absolute atomic E-state index is 12.3. The number of fused-ring (bicyclic) bond motifs is 1. The maximum Gasteiger partial charge on any atom is 0.269 e. The molecule has 3 heterocycles. The second-order valence-electron chi connectivity index (χ2n) is 7.66. The van der Waals surface area contributed by atoms with Gasteiger partial charge >= 0.3 is 0 Å². The van der Waals surface area contributed by atoms with Crippen LogP contribution < -0.4 is 5.32 Å². The molecule has 7 nitrogen and oxygen atoms in total. The fourth-order valence-corrected chi connectivity index (χ4v) is 3.79. The zero-order chi connectivity index (χ0) is 20.3. The van der Waals surface area contributed by atoms with Crippen LogP contribution in [0.2, 0.25) is 0 Å². The summed E-state index contributed by atoms with van der Waals surface area (Å²) >= 11 is 0. The molecule has 0 unspecified atom stereocenters. The molecule has 2 aromatic heterocycles. The number of H-pyrrole nitrogens is 1. The van der Waals surface area contributed by atoms with Gasteiger partial charge in [0.25, 0.3) is 5.91 Å². The molecule has 152 valence electrons. The molecule has 1 aliphatic rings. The van der Waals surface area contributed by atoms with Crippen molar-refractivity contribution in [2.75, 3.05) is 32.8 Å². The number of hydrogen-bond donors (Lipinski definition) is 3. The van der Waals surface area contributed by atoms with Crippen LogP contribution in [0.4, 0.5) is 0 Å². The van der Waals surface area contributed by atoms with Crippen molar-refractivity contribution in [3.05, 3.63) is 65.6 Å². The molecule has 1 aliphatic heterocycles. The predicted octanol–water partition coefficient (Wildman–Crippen LogP) is 1.86. The van der Waals surface area contributed by atoms with Crippen molar-refractivity contribution in [3.8, 4) is 0 Å². The Morgan fingerprint density at radius 1 is 1.31 bits per heavy atom. The van der Waals surface area contributed by atoms with Gasteiger partial charge in [0.2, 0.25) is 0 Å². The zero-order valence-corrected chi connectivity index (χ0v) is 16.5. The van der Waals surface area contributed by atoms with E-state index in [1.807, 2.05) is 12.1 Å². The highest BCUT2D eigenvalue weighted by Gasteiger charge is 2.33. The van der Waals surface area contributed by atoms with Crippen molar-refractivity contribution >= 4 is 16.8 Å². The number of aliphatic hydroxyl groups is 1. The molecule has 3 aromatic rings. The van der Waals surface area contributed by atoms with Crippen LogP contribution in [0.1, 0.15) is 21.7 Å². The number of carbonyl (C=O) groups excluding carboxylic acids is 1. The van der Waals surface area contributed by atoms with Crippen LogP contribution in [0.3, 0.4) is 0 Å². The minimum atomic E-state index is -1.17. The smallest absolute Gasteiger partial charge is 0.269 e. The summed E-state index contributed by atoms with van der Waals surface area (Å²) in [6.07, 6.45) is 1.57. The maximum atomic E-state index is 12.3. The Bertz CT molecular complexity index is 988. The van der Waals surface area contributed by atoms with E-state index in [-0.39, 0.29) is 19.1 Å². The van der Waals surface area contributed by atoms with E-state index in [1.54, 1.807) is 24.4 Å². The van der Waals surface area contributed by atoms with E-state index in [0.29, 0.717) is 31.9 Å². The average Bonchev–Trinajstić information content (AvgIpc) is 2.92. The van der Waals surface area contributed by atoms with E-state index in [2.05, 4.69) is 39.2 Å². The van der Waals surface area contributed by atoms with Gasteiger partial charge in [-0.2, -0.15) is 0 Å². The van der Waals surface area contributed by atoms with Crippen molar-refractivity contribution in [2.24, 2.45) is 0 Å². The van der Waals surface area contributed by atoms with Crippen molar-refractivity contribution < 1.29 is 14.6 Å². The standard InChI is InChI=1S/C22H26N4O3/c1-16-17-6-2-3-7-18(17)25-20(16)12-26-10-11-29-15-22(28,14-26)13-24-21(27)19-8-4-5-9-23-19/h2-9,25,28H,10-15H2,1H3,(H,24,27)/t22-/m0/s1. The molecule has 1 atom stereocenters. The van der Waals surface area contributed by atoms with E-state index in [0.717, 1.165) is 11.2 Å². The van der Waals surface area contributed by atoms with Crippen molar-refractivity contribution in [2.45, 2.75) is 19.1 Å². The van der Waals surface area contributed by atoms with Gasteiger partial charge in [0.05, 0.1) is 19.8 Å². The fourth-order valence-electron chi connectivity index (χ4n) is 3.79. The molecule has 0 saturated carbocycles. The lowest BCUT2D eigenvalue weighted by Crippen LogP contribution is -2.52. The number of amides is 1. The number of nitrogens with zero attached hydrogens (tertiary/aromatic N) is 2. The largest absolute Gasteiger partial charge is 0.384 e. The van der Waals surface area contributed by atoms with Gasteiger partial charge in [-0.25, -0.2) is 0 Å². The molecule has 1 amide bonds. The van der Waals surface area contributed by atoms with E-state index in [9.17, 15) is 9.90 Å². The molecule has 29 heavy (non-hydrogen) atoms. The normalized spacial score (nSPS) is 20.5. The number of rotatable bonds is 5. The Morgan fingerprint density at radius 3 is 2.93 bits per heavy atom. The SMILES string of the molecule is Cc1c(CN2CCOC[C@](O)(CNC(=O)c3ccccn3)C2)[nH]c2ccccc12. The number of pyridine rings is 1. The van der Waals surface area contributed by atoms with Gasteiger partial charge in [-0.15, -0.1) is 0 Å². The Labute approximate surface area is 169 Å². The van der Waals surface area contributed by atoms with Gasteiger partial charge in [-0.05, 0) is 30.7 Å². The monoisotopic (exact) mass is 394 g/mol. The highest BCUT2D eigenvalue weighted by Crippen LogP contribution is 2.23. The summed E-state index contributed by atoms with van der Waals surface area (Å²) < 4.78 is 5.64. The summed E-state index contributed by atoms with van der Waals surface area (Å²) in [6.45, 7) is 4.73. The van der Waals surface area contributed by atoms with Gasteiger partial charge in [0.1, 0.15) is 11.3 Å². The van der Waals surface area contributed by atoms with E-state index < -0.39 is 5.60 Å². The number of hydrogen-bond acceptors (Lipinski definition) is 5. The number of aromatic amines is 1. The summed E-state index contributed by atoms with van der Waals surface area (Å²) in [7, 11) is 0. The van der Waals surface area contributed by atoms with Crippen LogP contribution in [-0.2, 0) is 11.3 Å². The lowest BCUT2D eigenvalue weighted by atomic mass is 10.0. The summed E-state index contributed by atoms with van der Waals surface area (Å²) in [6, 6.07) is 13.4. The fraction of sp³-hybridized carbons (Fsp3) is 0.364. The number of β-amino-alcohol motifs (C(OH)–C–C–N with tert-alkyl or cyclic N) is 1. The number of para-hydroxylation sites is 1. The molecule has 0 bridgehead atoms. The first-order valence-electron chi connectivity index (χ1n) is 9.82. The third-order valence-electron chi connectivity index (χ3n) is 5.37. The van der Waals surface area contributed by atoms with Gasteiger partial charge < -0.3 is 20.1 Å². The van der Waals surface area contributed by atoms with Crippen LogP contribution in [-0.4, -0.2) is 64.3 Å². The zero-order valence-electron chi connectivity index (χ0n) is 16.5. The molecule has 3 N–H and O–H groups in total. The lowest BCUT2D eigenvalue weighted by Gasteiger charge is -2.30. The van der Waals surface area contributed by atoms with Crippen LogP contribution in [0.25, 0.3) is 10.9 Å². The highest BCUT2D eigenvalue weighted by atomic mass is 16.5. The van der Waals surface area contributed by atoms with Crippen LogP contribution in [0, 0.1) is 6.92 Å². The molecule has 0 aliphatic carbocycles. The first-order valence-corrected chi connectivity index (χ1v) is 9.82. The number of ether oxygens (including phenoxy) is 1. The average molecular weight is 394 g/mol. The number of nitrogens with one attached hydrogen (secondary N) is 2. The third-order valence-corrected chi connectivity index (χ3v) is 5.37. The summed E-state index contributed by atoms with van der Waals surface area (Å²) in [5, 5.41) is 15.1. The molecular formula is C22H26N4O3. The van der Waals surface area contributed by atoms with Gasteiger partial charge in [0, 0.05) is 42.4 Å². The van der Waals surface area contributed by atoms with E-state index >= 15 is 0 Å². The Hall–Kier alpha value is -2.74. The Kier molecular flexibility index (Phi) is 5.62. The quantitative estimate of drug-likeness (QED) is 0.615. The number of aromatic nitrogens is 2. The molecule has 0 radical (unpaired) electrons. The molecular weight excluding hydrogens is 368 g/mol. The first-order chi connectivity index (χ1) is 14.0. The van der Waals surface area contributed by atoms with E-state index in [1.165, 1.54) is 10.9 Å². The summed E-state index contributed by atoms with van der Waals surface area (Å²) in [5.41, 5.74) is 2.63. The first kappa shape index (κ1) is 19.6. The Balaban J connectivity index is 1.43.